The molecule has 0 aromatic heterocycles. The largest absolute Gasteiger partial charge is 0.586 e. The Morgan fingerprint density at radius 2 is 1.58 bits per heavy atom. The third-order valence-corrected chi connectivity index (χ3v) is 5.14. The monoisotopic (exact) mass is 435 g/mol. The van der Waals surface area contributed by atoms with Crippen molar-refractivity contribution in [3.63, 3.8) is 0 Å². The molecule has 0 saturated heterocycles. The summed E-state index contributed by atoms with van der Waals surface area (Å²) in [6, 6.07) is 9.92. The van der Waals surface area contributed by atoms with E-state index >= 15 is 0 Å². The van der Waals surface area contributed by atoms with Crippen molar-refractivity contribution in [3.05, 3.63) is 76.6 Å². The van der Waals surface area contributed by atoms with Crippen molar-refractivity contribution in [2.24, 2.45) is 0 Å². The minimum Gasteiger partial charge on any atom is -0.395 e. The number of halogens is 5. The summed E-state index contributed by atoms with van der Waals surface area (Å²) in [7, 11) is 0. The minimum absolute atomic E-state index is 0.0283. The molecular weight excluding hydrogens is 417 g/mol. The van der Waals surface area contributed by atoms with E-state index in [2.05, 4.69) is 14.8 Å². The lowest BCUT2D eigenvalue weighted by atomic mass is 9.96. The van der Waals surface area contributed by atoms with Crippen LogP contribution in [0.25, 0.3) is 11.1 Å². The van der Waals surface area contributed by atoms with E-state index in [1.165, 1.54) is 12.1 Å². The molecular formula is C23H18F5NO2. The number of ether oxygens (including phenoxy) is 2. The predicted molar refractivity (Wildman–Crippen MR) is 106 cm³/mol. The standard InChI is InChI=1S/C23H18F5NO2/c1-3-13-9-14(15-10-21-20(8-12(15)2)30-23(27,28)31-21)4-7-19(13)29-11-16-17(24)5-6-18(25)22(16)26/h4-10,29H,3,11H2,1-2H3. The summed E-state index contributed by atoms with van der Waals surface area (Å²) < 4.78 is 76.9. The molecule has 0 amide bonds. The SMILES string of the molecule is CCc1cc(-c2cc3c(cc2C)OC(F)(F)O3)ccc1NCc1c(F)ccc(F)c1F. The van der Waals surface area contributed by atoms with E-state index in [4.69, 9.17) is 0 Å². The number of rotatable bonds is 5. The molecule has 0 unspecified atom stereocenters. The Hall–Kier alpha value is -3.29. The summed E-state index contributed by atoms with van der Waals surface area (Å²) in [6.45, 7) is 3.43. The van der Waals surface area contributed by atoms with Crippen molar-refractivity contribution in [1.82, 2.24) is 0 Å². The van der Waals surface area contributed by atoms with Crippen LogP contribution in [0.5, 0.6) is 11.5 Å². The normalized spacial score (nSPS) is 14.0. The van der Waals surface area contributed by atoms with Gasteiger partial charge < -0.3 is 14.8 Å². The van der Waals surface area contributed by atoms with Gasteiger partial charge in [-0.1, -0.05) is 13.0 Å². The number of aryl methyl sites for hydroxylation is 2. The maximum absolute atomic E-state index is 13.9. The van der Waals surface area contributed by atoms with Crippen LogP contribution in [0.15, 0.2) is 42.5 Å². The summed E-state index contributed by atoms with van der Waals surface area (Å²) in [6.07, 6.45) is -3.11. The molecule has 0 aliphatic carbocycles. The number of hydrogen-bond acceptors (Lipinski definition) is 3. The van der Waals surface area contributed by atoms with Crippen LogP contribution in [0, 0.1) is 24.4 Å². The second kappa shape index (κ2) is 7.76. The Kier molecular flexibility index (Phi) is 5.24. The minimum atomic E-state index is -3.70. The number of nitrogens with one attached hydrogen (secondary N) is 1. The molecule has 3 nitrogen and oxygen atoms in total. The fourth-order valence-electron chi connectivity index (χ4n) is 3.55. The van der Waals surface area contributed by atoms with Crippen molar-refractivity contribution in [2.75, 3.05) is 5.32 Å². The Labute approximate surface area is 175 Å². The second-order valence-electron chi connectivity index (χ2n) is 7.18. The Bertz CT molecular complexity index is 1160. The number of fused-ring (bicyclic) bond motifs is 1. The van der Waals surface area contributed by atoms with Crippen molar-refractivity contribution in [2.45, 2.75) is 33.1 Å². The van der Waals surface area contributed by atoms with Crippen molar-refractivity contribution in [3.8, 4) is 22.6 Å². The number of benzene rings is 3. The average molecular weight is 435 g/mol. The average Bonchev–Trinajstić information content (AvgIpc) is 3.03. The molecule has 8 heteroatoms. The van der Waals surface area contributed by atoms with E-state index in [0.717, 1.165) is 23.3 Å². The zero-order valence-corrected chi connectivity index (χ0v) is 16.7. The van der Waals surface area contributed by atoms with Gasteiger partial charge in [-0.3, -0.25) is 0 Å². The highest BCUT2D eigenvalue weighted by Crippen LogP contribution is 2.44. The Morgan fingerprint density at radius 1 is 0.903 bits per heavy atom. The van der Waals surface area contributed by atoms with E-state index in [1.807, 2.05) is 13.0 Å². The van der Waals surface area contributed by atoms with Gasteiger partial charge >= 0.3 is 6.29 Å². The van der Waals surface area contributed by atoms with Gasteiger partial charge in [-0.05, 0) is 72.0 Å². The molecule has 0 radical (unpaired) electrons. The molecule has 31 heavy (non-hydrogen) atoms. The lowest BCUT2D eigenvalue weighted by Gasteiger charge is -2.15. The molecule has 0 bridgehead atoms. The van der Waals surface area contributed by atoms with Crippen LogP contribution in [-0.4, -0.2) is 6.29 Å². The lowest BCUT2D eigenvalue weighted by molar-refractivity contribution is -0.286. The smallest absolute Gasteiger partial charge is 0.395 e. The van der Waals surface area contributed by atoms with Gasteiger partial charge in [0.2, 0.25) is 0 Å². The molecule has 0 spiro atoms. The van der Waals surface area contributed by atoms with Crippen molar-refractivity contribution in [1.29, 1.82) is 0 Å². The molecule has 1 aliphatic heterocycles. The van der Waals surface area contributed by atoms with Gasteiger partial charge in [-0.2, -0.15) is 0 Å². The predicted octanol–water partition coefficient (Wildman–Crippen LogP) is 6.58. The molecule has 1 heterocycles. The van der Waals surface area contributed by atoms with E-state index in [9.17, 15) is 22.0 Å². The van der Waals surface area contributed by atoms with E-state index in [1.54, 1.807) is 19.1 Å². The van der Waals surface area contributed by atoms with Gasteiger partial charge in [-0.25, -0.2) is 13.2 Å². The third-order valence-electron chi connectivity index (χ3n) is 5.14. The fourth-order valence-corrected chi connectivity index (χ4v) is 3.55. The van der Waals surface area contributed by atoms with Crippen LogP contribution in [0.3, 0.4) is 0 Å². The van der Waals surface area contributed by atoms with Crippen LogP contribution in [0.2, 0.25) is 0 Å². The van der Waals surface area contributed by atoms with Crippen LogP contribution in [0.1, 0.15) is 23.6 Å². The van der Waals surface area contributed by atoms with Gasteiger partial charge in [-0.15, -0.1) is 8.78 Å². The molecule has 0 fully saturated rings. The van der Waals surface area contributed by atoms with Crippen LogP contribution >= 0.6 is 0 Å². The first-order valence-electron chi connectivity index (χ1n) is 9.58. The van der Waals surface area contributed by atoms with Gasteiger partial charge in [0.15, 0.2) is 23.1 Å². The summed E-state index contributed by atoms with van der Waals surface area (Å²) in [5, 5.41) is 2.94. The highest BCUT2D eigenvalue weighted by molar-refractivity contribution is 5.74. The summed E-state index contributed by atoms with van der Waals surface area (Å²) in [4.78, 5) is 0. The number of anilines is 1. The maximum Gasteiger partial charge on any atom is 0.586 e. The van der Waals surface area contributed by atoms with Crippen LogP contribution < -0.4 is 14.8 Å². The molecule has 0 saturated carbocycles. The number of alkyl halides is 2. The zero-order chi connectivity index (χ0) is 22.3. The molecule has 1 aliphatic rings. The summed E-state index contributed by atoms with van der Waals surface area (Å²) in [5.74, 6) is -3.26. The molecule has 3 aromatic rings. The van der Waals surface area contributed by atoms with E-state index in [0.29, 0.717) is 23.2 Å². The summed E-state index contributed by atoms with van der Waals surface area (Å²) in [5.41, 5.74) is 3.22. The second-order valence-corrected chi connectivity index (χ2v) is 7.18. The third kappa shape index (κ3) is 4.02. The van der Waals surface area contributed by atoms with E-state index < -0.39 is 29.3 Å². The number of hydrogen-bond donors (Lipinski definition) is 1. The molecule has 0 atom stereocenters. The first-order chi connectivity index (χ1) is 14.7. The molecule has 3 aromatic carbocycles. The highest BCUT2D eigenvalue weighted by atomic mass is 19.3. The lowest BCUT2D eigenvalue weighted by Crippen LogP contribution is -2.25. The van der Waals surface area contributed by atoms with Crippen LogP contribution in [-0.2, 0) is 13.0 Å². The van der Waals surface area contributed by atoms with Crippen LogP contribution in [0.4, 0.5) is 27.6 Å². The first kappa shape index (κ1) is 21.0. The van der Waals surface area contributed by atoms with Crippen molar-refractivity contribution < 1.29 is 31.4 Å². The highest BCUT2D eigenvalue weighted by Gasteiger charge is 2.43. The quantitative estimate of drug-likeness (QED) is 0.363. The topological polar surface area (TPSA) is 30.5 Å². The van der Waals surface area contributed by atoms with Gasteiger partial charge in [0.05, 0.1) is 0 Å². The summed E-state index contributed by atoms with van der Waals surface area (Å²) >= 11 is 0. The Morgan fingerprint density at radius 3 is 2.29 bits per heavy atom. The van der Waals surface area contributed by atoms with Gasteiger partial charge in [0.1, 0.15) is 5.82 Å². The first-order valence-corrected chi connectivity index (χ1v) is 9.58. The van der Waals surface area contributed by atoms with Gasteiger partial charge in [0.25, 0.3) is 0 Å². The molecule has 1 N–H and O–H groups in total. The molecule has 4 rings (SSSR count). The van der Waals surface area contributed by atoms with Crippen molar-refractivity contribution >= 4 is 5.69 Å². The van der Waals surface area contributed by atoms with Gasteiger partial charge in [0, 0.05) is 17.8 Å². The Balaban J connectivity index is 1.62. The molecule has 162 valence electrons. The maximum atomic E-state index is 13.9. The van der Waals surface area contributed by atoms with E-state index in [-0.39, 0.29) is 18.0 Å². The fraction of sp³-hybridized carbons (Fsp3) is 0.217. The zero-order valence-electron chi connectivity index (χ0n) is 16.7.